The summed E-state index contributed by atoms with van der Waals surface area (Å²) < 4.78 is 10.2. The van der Waals surface area contributed by atoms with Gasteiger partial charge in [0.1, 0.15) is 5.82 Å². The number of hydrogen-bond acceptors (Lipinski definition) is 5. The second-order valence-electron chi connectivity index (χ2n) is 4.47. The van der Waals surface area contributed by atoms with Gasteiger partial charge in [0.2, 0.25) is 0 Å². The van der Waals surface area contributed by atoms with Crippen molar-refractivity contribution in [2.45, 2.75) is 31.9 Å². The van der Waals surface area contributed by atoms with E-state index in [0.29, 0.717) is 17.4 Å². The molecule has 1 N–H and O–H groups in total. The molecule has 1 fully saturated rings. The highest BCUT2D eigenvalue weighted by Gasteiger charge is 2.19. The zero-order valence-corrected chi connectivity index (χ0v) is 10.7. The van der Waals surface area contributed by atoms with Gasteiger partial charge in [-0.05, 0) is 31.9 Å². The van der Waals surface area contributed by atoms with E-state index in [4.69, 9.17) is 4.74 Å². The summed E-state index contributed by atoms with van der Waals surface area (Å²) in [5.41, 5.74) is 0.509. The molecule has 2 rings (SSSR count). The van der Waals surface area contributed by atoms with E-state index >= 15 is 0 Å². The van der Waals surface area contributed by atoms with Crippen LogP contribution in [-0.4, -0.2) is 36.8 Å². The van der Waals surface area contributed by atoms with E-state index in [1.807, 2.05) is 0 Å². The zero-order valence-electron chi connectivity index (χ0n) is 10.7. The van der Waals surface area contributed by atoms with E-state index < -0.39 is 0 Å². The first-order valence-corrected chi connectivity index (χ1v) is 6.11. The van der Waals surface area contributed by atoms with Crippen molar-refractivity contribution in [2.75, 3.05) is 19.0 Å². The van der Waals surface area contributed by atoms with Crippen molar-refractivity contribution >= 4 is 11.8 Å². The van der Waals surface area contributed by atoms with Gasteiger partial charge in [0, 0.05) is 18.8 Å². The van der Waals surface area contributed by atoms with E-state index in [0.717, 1.165) is 19.4 Å². The van der Waals surface area contributed by atoms with Gasteiger partial charge in [0.25, 0.3) is 0 Å². The van der Waals surface area contributed by atoms with Crippen molar-refractivity contribution in [2.24, 2.45) is 0 Å². The SMILES string of the molecule is COC(=O)c1ccnc(NC2CCOC(C)C2)c1. The fourth-order valence-corrected chi connectivity index (χ4v) is 2.09. The maximum atomic E-state index is 11.4. The molecular formula is C13H18N2O3. The van der Waals surface area contributed by atoms with Crippen LogP contribution >= 0.6 is 0 Å². The molecule has 2 unspecified atom stereocenters. The average molecular weight is 250 g/mol. The van der Waals surface area contributed by atoms with Crippen LogP contribution in [-0.2, 0) is 9.47 Å². The third kappa shape index (κ3) is 3.20. The average Bonchev–Trinajstić information content (AvgIpc) is 2.38. The fourth-order valence-electron chi connectivity index (χ4n) is 2.09. The number of hydrogen-bond donors (Lipinski definition) is 1. The summed E-state index contributed by atoms with van der Waals surface area (Å²) in [7, 11) is 1.37. The Balaban J connectivity index is 2.02. The fraction of sp³-hybridized carbons (Fsp3) is 0.538. The van der Waals surface area contributed by atoms with Crippen molar-refractivity contribution in [1.82, 2.24) is 4.98 Å². The standard InChI is InChI=1S/C13H18N2O3/c1-9-7-11(4-6-18-9)15-12-8-10(3-5-14-12)13(16)17-2/h3,5,8-9,11H,4,6-7H2,1-2H3,(H,14,15). The van der Waals surface area contributed by atoms with Crippen LogP contribution in [0.25, 0.3) is 0 Å². The lowest BCUT2D eigenvalue weighted by Crippen LogP contribution is -2.32. The summed E-state index contributed by atoms with van der Waals surface area (Å²) in [4.78, 5) is 15.6. The van der Waals surface area contributed by atoms with E-state index in [2.05, 4.69) is 22.0 Å². The Morgan fingerprint density at radius 3 is 3.17 bits per heavy atom. The normalized spacial score (nSPS) is 23.4. The first-order chi connectivity index (χ1) is 8.69. The van der Waals surface area contributed by atoms with Gasteiger partial charge >= 0.3 is 5.97 Å². The van der Waals surface area contributed by atoms with Crippen molar-refractivity contribution in [1.29, 1.82) is 0 Å². The molecule has 0 saturated carbocycles. The predicted molar refractivity (Wildman–Crippen MR) is 67.6 cm³/mol. The summed E-state index contributed by atoms with van der Waals surface area (Å²) in [6.45, 7) is 2.82. The lowest BCUT2D eigenvalue weighted by atomic mass is 10.0. The molecule has 0 radical (unpaired) electrons. The highest BCUT2D eigenvalue weighted by Crippen LogP contribution is 2.18. The number of pyridine rings is 1. The van der Waals surface area contributed by atoms with Gasteiger partial charge in [-0.1, -0.05) is 0 Å². The molecule has 5 nitrogen and oxygen atoms in total. The zero-order chi connectivity index (χ0) is 13.0. The molecule has 1 aliphatic heterocycles. The molecule has 18 heavy (non-hydrogen) atoms. The molecule has 0 amide bonds. The molecule has 1 saturated heterocycles. The molecule has 98 valence electrons. The van der Waals surface area contributed by atoms with Crippen LogP contribution in [0.1, 0.15) is 30.1 Å². The van der Waals surface area contributed by atoms with Crippen LogP contribution in [0.2, 0.25) is 0 Å². The Morgan fingerprint density at radius 2 is 2.44 bits per heavy atom. The Bertz CT molecular complexity index is 422. The summed E-state index contributed by atoms with van der Waals surface area (Å²) >= 11 is 0. The van der Waals surface area contributed by atoms with Gasteiger partial charge < -0.3 is 14.8 Å². The van der Waals surface area contributed by atoms with Crippen LogP contribution in [0.5, 0.6) is 0 Å². The molecule has 1 aliphatic rings. The van der Waals surface area contributed by atoms with E-state index in [1.165, 1.54) is 7.11 Å². The van der Waals surface area contributed by atoms with Crippen molar-refractivity contribution < 1.29 is 14.3 Å². The summed E-state index contributed by atoms with van der Waals surface area (Å²) in [5.74, 6) is 0.359. The summed E-state index contributed by atoms with van der Waals surface area (Å²) in [6, 6.07) is 3.70. The molecular weight excluding hydrogens is 232 g/mol. The minimum Gasteiger partial charge on any atom is -0.465 e. The number of carbonyl (C=O) groups is 1. The number of aromatic nitrogens is 1. The topological polar surface area (TPSA) is 60.5 Å². The number of ether oxygens (including phenoxy) is 2. The summed E-state index contributed by atoms with van der Waals surface area (Å²) in [6.07, 6.45) is 3.77. The smallest absolute Gasteiger partial charge is 0.338 e. The maximum Gasteiger partial charge on any atom is 0.338 e. The molecule has 0 bridgehead atoms. The van der Waals surface area contributed by atoms with Crippen LogP contribution < -0.4 is 5.32 Å². The Kier molecular flexibility index (Phi) is 4.15. The Morgan fingerprint density at radius 1 is 1.61 bits per heavy atom. The molecule has 1 aromatic rings. The number of nitrogens with zero attached hydrogens (tertiary/aromatic N) is 1. The highest BCUT2D eigenvalue weighted by molar-refractivity contribution is 5.89. The number of methoxy groups -OCH3 is 1. The number of esters is 1. The number of rotatable bonds is 3. The van der Waals surface area contributed by atoms with Gasteiger partial charge in [-0.25, -0.2) is 9.78 Å². The van der Waals surface area contributed by atoms with Crippen molar-refractivity contribution in [3.63, 3.8) is 0 Å². The minimum atomic E-state index is -0.346. The molecule has 2 atom stereocenters. The highest BCUT2D eigenvalue weighted by atomic mass is 16.5. The third-order valence-electron chi connectivity index (χ3n) is 3.02. The lowest BCUT2D eigenvalue weighted by molar-refractivity contribution is 0.0231. The van der Waals surface area contributed by atoms with E-state index in [1.54, 1.807) is 18.3 Å². The minimum absolute atomic E-state index is 0.264. The largest absolute Gasteiger partial charge is 0.465 e. The quantitative estimate of drug-likeness (QED) is 0.829. The van der Waals surface area contributed by atoms with Crippen LogP contribution in [0, 0.1) is 0 Å². The van der Waals surface area contributed by atoms with Gasteiger partial charge in [0.05, 0.1) is 18.8 Å². The molecule has 0 aromatic carbocycles. The lowest BCUT2D eigenvalue weighted by Gasteiger charge is -2.28. The number of anilines is 1. The second kappa shape index (κ2) is 5.82. The first kappa shape index (κ1) is 12.8. The van der Waals surface area contributed by atoms with E-state index in [9.17, 15) is 4.79 Å². The molecule has 5 heteroatoms. The predicted octanol–water partition coefficient (Wildman–Crippen LogP) is 1.85. The van der Waals surface area contributed by atoms with Gasteiger partial charge in [0.15, 0.2) is 0 Å². The molecule has 1 aromatic heterocycles. The van der Waals surface area contributed by atoms with Crippen molar-refractivity contribution in [3.05, 3.63) is 23.9 Å². The van der Waals surface area contributed by atoms with Gasteiger partial charge in [-0.15, -0.1) is 0 Å². The Labute approximate surface area is 107 Å². The van der Waals surface area contributed by atoms with Crippen LogP contribution in [0.15, 0.2) is 18.3 Å². The molecule has 0 aliphatic carbocycles. The van der Waals surface area contributed by atoms with Crippen molar-refractivity contribution in [3.8, 4) is 0 Å². The second-order valence-corrected chi connectivity index (χ2v) is 4.47. The number of nitrogens with one attached hydrogen (secondary N) is 1. The van der Waals surface area contributed by atoms with Gasteiger partial charge in [-0.2, -0.15) is 0 Å². The first-order valence-electron chi connectivity index (χ1n) is 6.11. The van der Waals surface area contributed by atoms with Crippen LogP contribution in [0.4, 0.5) is 5.82 Å². The Hall–Kier alpha value is -1.62. The maximum absolute atomic E-state index is 11.4. The molecule has 2 heterocycles. The summed E-state index contributed by atoms with van der Waals surface area (Å²) in [5, 5.41) is 3.33. The third-order valence-corrected chi connectivity index (χ3v) is 3.02. The van der Waals surface area contributed by atoms with Crippen LogP contribution in [0.3, 0.4) is 0 Å². The van der Waals surface area contributed by atoms with E-state index in [-0.39, 0.29) is 12.1 Å². The molecule has 0 spiro atoms. The monoisotopic (exact) mass is 250 g/mol. The van der Waals surface area contributed by atoms with Gasteiger partial charge in [-0.3, -0.25) is 0 Å². The number of carbonyl (C=O) groups excluding carboxylic acids is 1.